The third kappa shape index (κ3) is 4.20. The molecule has 3 heterocycles. The van der Waals surface area contributed by atoms with E-state index < -0.39 is 51.5 Å². The SMILES string of the molecule is CC1([C@H](c2cnc(C(F)(F)F)c(Cl)c2)c2csc(C(F)(F)F)n2)C(=O)NCCN1C(N)=O. The van der Waals surface area contributed by atoms with E-state index in [0.29, 0.717) is 0 Å². The standard InChI is InChI=1S/C17H14ClF6N5O2S/c1-15(12(30)26-2-3-29(15)14(25)31)10(9-6-32-13(28-9)17(22,23)24)7-4-8(18)11(27-5-7)16(19,20)21/h4-6,10H,2-3H2,1H3,(H2,25,31)(H,26,30)/t10-,15?/m1/s1. The zero-order valence-corrected chi connectivity index (χ0v) is 17.6. The summed E-state index contributed by atoms with van der Waals surface area (Å²) < 4.78 is 78.7. The number of piperazine rings is 1. The number of nitrogens with one attached hydrogen (secondary N) is 1. The summed E-state index contributed by atoms with van der Waals surface area (Å²) in [6, 6.07) is -0.217. The number of nitrogens with zero attached hydrogens (tertiary/aromatic N) is 3. The Hall–Kier alpha value is -2.61. The van der Waals surface area contributed by atoms with Crippen molar-refractivity contribution in [2.24, 2.45) is 5.73 Å². The Morgan fingerprint density at radius 3 is 2.47 bits per heavy atom. The van der Waals surface area contributed by atoms with Crippen LogP contribution in [0.4, 0.5) is 31.1 Å². The number of aromatic nitrogens is 2. The third-order valence-corrected chi connectivity index (χ3v) is 6.19. The first-order chi connectivity index (χ1) is 14.7. The molecule has 0 radical (unpaired) electrons. The van der Waals surface area contributed by atoms with Gasteiger partial charge in [-0.05, 0) is 18.6 Å². The van der Waals surface area contributed by atoms with Crippen LogP contribution >= 0.6 is 22.9 Å². The van der Waals surface area contributed by atoms with Crippen LogP contribution in [-0.2, 0) is 17.1 Å². The molecule has 0 spiro atoms. The molecule has 2 atom stereocenters. The monoisotopic (exact) mass is 501 g/mol. The lowest BCUT2D eigenvalue weighted by Crippen LogP contribution is -2.68. The van der Waals surface area contributed by atoms with Crippen molar-refractivity contribution in [3.8, 4) is 0 Å². The Bertz CT molecular complexity index is 1060. The molecule has 1 fully saturated rings. The quantitative estimate of drug-likeness (QED) is 0.627. The van der Waals surface area contributed by atoms with E-state index in [1.807, 2.05) is 0 Å². The molecule has 7 nitrogen and oxygen atoms in total. The highest BCUT2D eigenvalue weighted by Crippen LogP contribution is 2.44. The first kappa shape index (κ1) is 24.0. The number of rotatable bonds is 3. The normalized spacial score (nSPS) is 20.8. The predicted octanol–water partition coefficient (Wildman–Crippen LogP) is 3.63. The summed E-state index contributed by atoms with van der Waals surface area (Å²) in [6.45, 7) is 1.15. The molecular formula is C17H14ClF6N5O2S. The number of carbonyl (C=O) groups is 2. The van der Waals surface area contributed by atoms with Gasteiger partial charge < -0.3 is 16.0 Å². The molecule has 0 saturated carbocycles. The van der Waals surface area contributed by atoms with Gasteiger partial charge in [-0.15, -0.1) is 11.3 Å². The summed E-state index contributed by atoms with van der Waals surface area (Å²) in [6.07, 6.45) is -8.96. The zero-order chi connectivity index (χ0) is 24.1. The number of primary amides is 1. The number of pyridine rings is 1. The van der Waals surface area contributed by atoms with Gasteiger partial charge in [-0.2, -0.15) is 26.3 Å². The maximum atomic E-state index is 13.2. The van der Waals surface area contributed by atoms with Gasteiger partial charge in [0.1, 0.15) is 5.54 Å². The number of hydrogen-bond donors (Lipinski definition) is 2. The van der Waals surface area contributed by atoms with Crippen LogP contribution in [0, 0.1) is 0 Å². The molecule has 1 aliphatic rings. The fraction of sp³-hybridized carbons (Fsp3) is 0.412. The average molecular weight is 502 g/mol. The Labute approximate surface area is 185 Å². The minimum Gasteiger partial charge on any atom is -0.352 e. The maximum absolute atomic E-state index is 13.2. The van der Waals surface area contributed by atoms with Gasteiger partial charge >= 0.3 is 18.4 Å². The van der Waals surface area contributed by atoms with E-state index in [9.17, 15) is 35.9 Å². The molecule has 1 aliphatic heterocycles. The van der Waals surface area contributed by atoms with Gasteiger partial charge in [-0.1, -0.05) is 11.6 Å². The zero-order valence-electron chi connectivity index (χ0n) is 16.0. The Morgan fingerprint density at radius 1 is 1.31 bits per heavy atom. The lowest BCUT2D eigenvalue weighted by atomic mass is 9.76. The minimum absolute atomic E-state index is 0.0148. The number of halogens is 7. The summed E-state index contributed by atoms with van der Waals surface area (Å²) in [4.78, 5) is 32.7. The van der Waals surface area contributed by atoms with E-state index in [0.717, 1.165) is 22.5 Å². The van der Waals surface area contributed by atoms with Crippen molar-refractivity contribution >= 4 is 34.9 Å². The minimum atomic E-state index is -4.89. The molecule has 3 N–H and O–H groups in total. The van der Waals surface area contributed by atoms with E-state index in [2.05, 4.69) is 15.3 Å². The first-order valence-corrected chi connectivity index (χ1v) is 10.0. The average Bonchev–Trinajstić information content (AvgIpc) is 3.13. The Balaban J connectivity index is 2.25. The molecule has 2 aromatic rings. The van der Waals surface area contributed by atoms with E-state index in [-0.39, 0.29) is 35.7 Å². The van der Waals surface area contributed by atoms with Crippen molar-refractivity contribution in [1.82, 2.24) is 20.2 Å². The highest BCUT2D eigenvalue weighted by molar-refractivity contribution is 7.09. The van der Waals surface area contributed by atoms with Crippen molar-refractivity contribution in [3.05, 3.63) is 44.6 Å². The molecule has 1 saturated heterocycles. The molecular weight excluding hydrogens is 488 g/mol. The molecule has 1 unspecified atom stereocenters. The van der Waals surface area contributed by atoms with Crippen LogP contribution in [-0.4, -0.2) is 45.4 Å². The van der Waals surface area contributed by atoms with Crippen molar-refractivity contribution in [3.63, 3.8) is 0 Å². The molecule has 0 aliphatic carbocycles. The Kier molecular flexibility index (Phi) is 6.06. The molecule has 15 heteroatoms. The molecule has 3 amide bonds. The lowest BCUT2D eigenvalue weighted by molar-refractivity contribution is -0.141. The highest BCUT2D eigenvalue weighted by Gasteiger charge is 2.53. The number of carbonyl (C=O) groups excluding carboxylic acids is 2. The third-order valence-electron chi connectivity index (χ3n) is 4.99. The smallest absolute Gasteiger partial charge is 0.352 e. The van der Waals surface area contributed by atoms with Crippen LogP contribution < -0.4 is 11.1 Å². The van der Waals surface area contributed by atoms with E-state index in [1.54, 1.807) is 0 Å². The van der Waals surface area contributed by atoms with Gasteiger partial charge in [-0.25, -0.2) is 9.78 Å². The van der Waals surface area contributed by atoms with E-state index in [1.165, 1.54) is 6.92 Å². The van der Waals surface area contributed by atoms with Crippen molar-refractivity contribution < 1.29 is 35.9 Å². The second-order valence-electron chi connectivity index (χ2n) is 7.00. The van der Waals surface area contributed by atoms with Gasteiger partial charge in [0.05, 0.1) is 16.6 Å². The first-order valence-electron chi connectivity index (χ1n) is 8.78. The maximum Gasteiger partial charge on any atom is 0.443 e. The van der Waals surface area contributed by atoms with Crippen molar-refractivity contribution in [2.75, 3.05) is 13.1 Å². The van der Waals surface area contributed by atoms with Gasteiger partial charge in [0.2, 0.25) is 5.91 Å². The molecule has 174 valence electrons. The largest absolute Gasteiger partial charge is 0.443 e. The van der Waals surface area contributed by atoms with Crippen LogP contribution in [0.3, 0.4) is 0 Å². The number of nitrogens with two attached hydrogens (primary N) is 1. The van der Waals surface area contributed by atoms with Crippen LogP contribution in [0.1, 0.15) is 34.8 Å². The van der Waals surface area contributed by atoms with Crippen LogP contribution in [0.2, 0.25) is 5.02 Å². The number of alkyl halides is 6. The number of amides is 3. The number of urea groups is 1. The molecule has 32 heavy (non-hydrogen) atoms. The summed E-state index contributed by atoms with van der Waals surface area (Å²) in [5, 5.41) is 1.42. The molecule has 2 aromatic heterocycles. The second-order valence-corrected chi connectivity index (χ2v) is 8.26. The van der Waals surface area contributed by atoms with Gasteiger partial charge in [0.25, 0.3) is 0 Å². The number of hydrogen-bond acceptors (Lipinski definition) is 5. The van der Waals surface area contributed by atoms with Gasteiger partial charge in [0, 0.05) is 24.7 Å². The van der Waals surface area contributed by atoms with Crippen LogP contribution in [0.15, 0.2) is 17.6 Å². The van der Waals surface area contributed by atoms with Gasteiger partial charge in [0.15, 0.2) is 10.7 Å². The summed E-state index contributed by atoms with van der Waals surface area (Å²) in [5.74, 6) is -2.25. The molecule has 0 aromatic carbocycles. The molecule has 0 bridgehead atoms. The van der Waals surface area contributed by atoms with Crippen molar-refractivity contribution in [1.29, 1.82) is 0 Å². The lowest BCUT2D eigenvalue weighted by Gasteiger charge is -2.46. The van der Waals surface area contributed by atoms with Crippen LogP contribution in [0.25, 0.3) is 0 Å². The second kappa shape index (κ2) is 8.06. The molecule has 3 rings (SSSR count). The Morgan fingerprint density at radius 2 is 1.97 bits per heavy atom. The summed E-state index contributed by atoms with van der Waals surface area (Å²) in [5.41, 5.74) is 1.58. The van der Waals surface area contributed by atoms with E-state index in [4.69, 9.17) is 17.3 Å². The topological polar surface area (TPSA) is 101 Å². The van der Waals surface area contributed by atoms with Crippen molar-refractivity contribution in [2.45, 2.75) is 30.7 Å². The summed E-state index contributed by atoms with van der Waals surface area (Å²) in [7, 11) is 0. The van der Waals surface area contributed by atoms with Crippen LogP contribution in [0.5, 0.6) is 0 Å². The highest BCUT2D eigenvalue weighted by atomic mass is 35.5. The fourth-order valence-corrected chi connectivity index (χ4v) is 4.59. The van der Waals surface area contributed by atoms with Gasteiger partial charge in [-0.3, -0.25) is 9.78 Å². The van der Waals surface area contributed by atoms with E-state index >= 15 is 0 Å². The predicted molar refractivity (Wildman–Crippen MR) is 101 cm³/mol. The number of thiazole rings is 1. The summed E-state index contributed by atoms with van der Waals surface area (Å²) >= 11 is 5.99. The fourth-order valence-electron chi connectivity index (χ4n) is 3.59.